The molecule has 244 valence electrons. The Hall–Kier alpha value is -3.14. The fraction of sp³-hybridized carbons (Fsp3) is 0.517. The number of carbonyl (C=O) groups excluding carboxylic acids is 2. The van der Waals surface area contributed by atoms with Crippen molar-refractivity contribution >= 4 is 50.9 Å². The number of esters is 1. The van der Waals surface area contributed by atoms with Gasteiger partial charge >= 0.3 is 12.1 Å². The lowest BCUT2D eigenvalue weighted by molar-refractivity contribution is -0.136. The Bertz CT molecular complexity index is 1630. The number of nitrogens with one attached hydrogen (secondary N) is 2. The zero-order valence-corrected chi connectivity index (χ0v) is 27.5. The molecule has 1 atom stereocenters. The number of carbonyl (C=O) groups is 2. The van der Waals surface area contributed by atoms with Gasteiger partial charge in [0.2, 0.25) is 10.0 Å². The van der Waals surface area contributed by atoms with Gasteiger partial charge in [-0.15, -0.1) is 11.3 Å². The lowest BCUT2D eigenvalue weighted by Gasteiger charge is -2.40. The van der Waals surface area contributed by atoms with Crippen LogP contribution < -0.4 is 10.0 Å². The highest BCUT2D eigenvalue weighted by atomic mass is 35.5. The summed E-state index contributed by atoms with van der Waals surface area (Å²) in [6.45, 7) is 5.33. The molecule has 2 aromatic rings. The number of methoxy groups -OCH3 is 1. The summed E-state index contributed by atoms with van der Waals surface area (Å²) < 4.78 is 67.9. The predicted octanol–water partition coefficient (Wildman–Crippen LogP) is 4.69. The average molecular weight is 686 g/mol. The number of aliphatic imine (C=N–C) groups is 1. The molecule has 1 unspecified atom stereocenters. The van der Waals surface area contributed by atoms with Crippen LogP contribution in [0.1, 0.15) is 63.1 Å². The first-order valence-electron chi connectivity index (χ1n) is 14.4. The molecule has 1 amide bonds. The second-order valence-electron chi connectivity index (χ2n) is 12.1. The number of benzene rings is 1. The van der Waals surface area contributed by atoms with E-state index in [9.17, 15) is 26.8 Å². The Kier molecular flexibility index (Phi) is 9.55. The molecule has 16 heteroatoms. The van der Waals surface area contributed by atoms with Crippen LogP contribution in [0.3, 0.4) is 0 Å². The molecule has 11 nitrogen and oxygen atoms in total. The number of hydrogen-bond acceptors (Lipinski definition) is 10. The summed E-state index contributed by atoms with van der Waals surface area (Å²) in [6.07, 6.45) is 2.96. The molecule has 1 aliphatic carbocycles. The molecule has 2 N–H and O–H groups in total. The molecule has 3 aliphatic rings. The number of ether oxygens (including phenoxy) is 2. The number of hydrogen-bond donors (Lipinski definition) is 2. The highest BCUT2D eigenvalue weighted by Gasteiger charge is 2.43. The van der Waals surface area contributed by atoms with Gasteiger partial charge in [-0.2, -0.15) is 0 Å². The van der Waals surface area contributed by atoms with E-state index in [0.717, 1.165) is 6.07 Å². The van der Waals surface area contributed by atoms with Crippen LogP contribution in [0.15, 0.2) is 40.0 Å². The number of amidine groups is 1. The minimum absolute atomic E-state index is 0.0473. The van der Waals surface area contributed by atoms with Crippen LogP contribution >= 0.6 is 22.9 Å². The van der Waals surface area contributed by atoms with Crippen LogP contribution in [-0.2, 0) is 24.3 Å². The van der Waals surface area contributed by atoms with Crippen molar-refractivity contribution in [2.75, 3.05) is 20.2 Å². The van der Waals surface area contributed by atoms with E-state index >= 15 is 0 Å². The normalized spacial score (nSPS) is 22.8. The highest BCUT2D eigenvalue weighted by molar-refractivity contribution is 7.90. The molecule has 1 saturated heterocycles. The fourth-order valence-electron chi connectivity index (χ4n) is 5.59. The van der Waals surface area contributed by atoms with E-state index in [0.29, 0.717) is 42.2 Å². The third-order valence-electron chi connectivity index (χ3n) is 7.88. The van der Waals surface area contributed by atoms with E-state index in [1.54, 1.807) is 32.3 Å². The Morgan fingerprint density at radius 3 is 2.44 bits per heavy atom. The number of nitrogens with zero attached hydrogens (tertiary/aromatic N) is 3. The van der Waals surface area contributed by atoms with E-state index < -0.39 is 55.6 Å². The first kappa shape index (κ1) is 33.2. The number of thiazole rings is 1. The van der Waals surface area contributed by atoms with Gasteiger partial charge in [-0.05, 0) is 58.4 Å². The van der Waals surface area contributed by atoms with E-state index in [2.05, 4.69) is 20.0 Å². The molecule has 1 aromatic heterocycles. The van der Waals surface area contributed by atoms with Crippen LogP contribution in [0.2, 0.25) is 5.02 Å². The van der Waals surface area contributed by atoms with Gasteiger partial charge in [0.05, 0.1) is 17.7 Å². The molecule has 45 heavy (non-hydrogen) atoms. The van der Waals surface area contributed by atoms with Crippen LogP contribution in [-0.4, -0.2) is 73.3 Å². The van der Waals surface area contributed by atoms with Crippen molar-refractivity contribution in [3.8, 4) is 0 Å². The third kappa shape index (κ3) is 7.16. The molecular formula is C29H34ClF2N5O6S2. The lowest BCUT2D eigenvalue weighted by atomic mass is 9.80. The van der Waals surface area contributed by atoms with Crippen molar-refractivity contribution < 1.29 is 36.3 Å². The summed E-state index contributed by atoms with van der Waals surface area (Å²) in [5.74, 6) is -3.01. The smallest absolute Gasteiger partial charge is 0.410 e. The number of rotatable bonds is 7. The van der Waals surface area contributed by atoms with Crippen LogP contribution in [0.5, 0.6) is 0 Å². The van der Waals surface area contributed by atoms with Crippen molar-refractivity contribution in [3.63, 3.8) is 0 Å². The van der Waals surface area contributed by atoms with Crippen LogP contribution in [0.4, 0.5) is 13.6 Å². The van der Waals surface area contributed by atoms with Gasteiger partial charge in [0.1, 0.15) is 16.9 Å². The molecule has 1 saturated carbocycles. The number of sulfonamides is 1. The third-order valence-corrected chi connectivity index (χ3v) is 10.9. The van der Waals surface area contributed by atoms with Gasteiger partial charge in [0, 0.05) is 42.0 Å². The number of aromatic nitrogens is 1. The number of allylic oxidation sites excluding steroid dienone is 1. The molecule has 2 fully saturated rings. The monoisotopic (exact) mass is 685 g/mol. The molecular weight excluding hydrogens is 652 g/mol. The summed E-state index contributed by atoms with van der Waals surface area (Å²) in [6, 6.07) is 0.753. The number of halogens is 3. The quantitative estimate of drug-likeness (QED) is 0.316. The molecule has 2 aliphatic heterocycles. The summed E-state index contributed by atoms with van der Waals surface area (Å²) in [7, 11) is -2.49. The molecule has 0 spiro atoms. The van der Waals surface area contributed by atoms with Crippen molar-refractivity contribution in [2.45, 2.75) is 69.4 Å². The summed E-state index contributed by atoms with van der Waals surface area (Å²) >= 11 is 7.54. The van der Waals surface area contributed by atoms with Gasteiger partial charge in [0.25, 0.3) is 0 Å². The number of amides is 1. The summed E-state index contributed by atoms with van der Waals surface area (Å²) in [5, 5.41) is 4.28. The maximum Gasteiger partial charge on any atom is 0.410 e. The first-order chi connectivity index (χ1) is 21.2. The second kappa shape index (κ2) is 12.9. The van der Waals surface area contributed by atoms with Gasteiger partial charge in [-0.1, -0.05) is 17.7 Å². The zero-order chi connectivity index (χ0) is 32.7. The van der Waals surface area contributed by atoms with Gasteiger partial charge < -0.3 is 19.7 Å². The topological polar surface area (TPSA) is 139 Å². The maximum atomic E-state index is 14.6. The minimum atomic E-state index is -3.71. The number of likely N-dealkylation sites (tertiary alicyclic amines) is 1. The minimum Gasteiger partial charge on any atom is -0.466 e. The standard InChI is InChI=1S/C29H34ClF2N5O6S2/c1-29(2,3)43-28(39)37-13-17(14-37)45(40,41)36-16-7-5-15(6-8-16)23-20(27(38)42-4)24(18-9-10-19(31)22(32)21(18)30)35-25(34-23)26-33-11-12-44-26/h9-12,15-17,24,36H,5-8,13-14H2,1-4H3,(H,34,35)/t15-,16-,24?. The van der Waals surface area contributed by atoms with E-state index in [1.807, 2.05) is 0 Å². The lowest BCUT2D eigenvalue weighted by Crippen LogP contribution is -2.61. The second-order valence-corrected chi connectivity index (χ2v) is 15.4. The average Bonchev–Trinajstić information content (AvgIpc) is 3.48. The molecule has 3 heterocycles. The van der Waals surface area contributed by atoms with Gasteiger partial charge in [-0.25, -0.2) is 36.5 Å². The van der Waals surface area contributed by atoms with Crippen molar-refractivity contribution in [1.82, 2.24) is 19.9 Å². The largest absolute Gasteiger partial charge is 0.466 e. The molecule has 0 radical (unpaired) electrons. The van der Waals surface area contributed by atoms with Crippen molar-refractivity contribution in [1.29, 1.82) is 0 Å². The highest BCUT2D eigenvalue weighted by Crippen LogP contribution is 2.42. The van der Waals surface area contributed by atoms with Crippen molar-refractivity contribution in [2.24, 2.45) is 10.9 Å². The molecule has 5 rings (SSSR count). The SMILES string of the molecule is COC(=O)C1=C([C@H]2CC[C@H](NS(=O)(=O)C3CN(C(=O)OC(C)(C)C)C3)CC2)NC(c2nccs2)=NC1c1ccc(F)c(F)c1Cl. The Balaban J connectivity index is 1.34. The molecule has 1 aromatic carbocycles. The van der Waals surface area contributed by atoms with Crippen molar-refractivity contribution in [3.05, 3.63) is 62.2 Å². The Labute approximate surface area is 269 Å². The zero-order valence-electron chi connectivity index (χ0n) is 25.1. The van der Waals surface area contributed by atoms with Crippen LogP contribution in [0.25, 0.3) is 0 Å². The van der Waals surface area contributed by atoms with E-state index in [1.165, 1.54) is 29.4 Å². The summed E-state index contributed by atoms with van der Waals surface area (Å²) in [4.78, 5) is 35.8. The van der Waals surface area contributed by atoms with Gasteiger partial charge in [0.15, 0.2) is 22.5 Å². The Morgan fingerprint density at radius 1 is 1.16 bits per heavy atom. The maximum absolute atomic E-state index is 14.6. The van der Waals surface area contributed by atoms with Crippen LogP contribution in [0, 0.1) is 17.6 Å². The van der Waals surface area contributed by atoms with Gasteiger partial charge in [-0.3, -0.25) is 4.99 Å². The Morgan fingerprint density at radius 2 is 1.84 bits per heavy atom. The predicted molar refractivity (Wildman–Crippen MR) is 164 cm³/mol. The van der Waals surface area contributed by atoms with E-state index in [-0.39, 0.29) is 36.2 Å². The fourth-order valence-corrected chi connectivity index (χ4v) is 8.08. The molecule has 0 bridgehead atoms. The summed E-state index contributed by atoms with van der Waals surface area (Å²) in [5.41, 5.74) is 0.00173. The first-order valence-corrected chi connectivity index (χ1v) is 17.2. The van der Waals surface area contributed by atoms with E-state index in [4.69, 9.17) is 21.1 Å².